The highest BCUT2D eigenvalue weighted by Crippen LogP contribution is 2.45. The monoisotopic (exact) mass is 168 g/mol. The molecule has 1 nitrogen and oxygen atoms in total. The molecular formula is C11H20O. The molecule has 2 aliphatic rings. The highest BCUT2D eigenvalue weighted by molar-refractivity contribution is 4.92. The van der Waals surface area contributed by atoms with Gasteiger partial charge in [-0.05, 0) is 38.0 Å². The summed E-state index contributed by atoms with van der Waals surface area (Å²) in [6.45, 7) is 2.05. The van der Waals surface area contributed by atoms with Crippen LogP contribution in [0.5, 0.6) is 0 Å². The molecule has 0 bridgehead atoms. The van der Waals surface area contributed by atoms with Gasteiger partial charge in [-0.1, -0.05) is 25.7 Å². The molecular weight excluding hydrogens is 148 g/mol. The lowest BCUT2D eigenvalue weighted by atomic mass is 9.64. The van der Waals surface area contributed by atoms with Crippen molar-refractivity contribution in [2.24, 2.45) is 11.8 Å². The predicted molar refractivity (Wildman–Crippen MR) is 49.9 cm³/mol. The van der Waals surface area contributed by atoms with Crippen molar-refractivity contribution in [2.45, 2.75) is 57.5 Å². The molecule has 1 N–H and O–H groups in total. The molecule has 0 amide bonds. The Morgan fingerprint density at radius 3 is 2.50 bits per heavy atom. The summed E-state index contributed by atoms with van der Waals surface area (Å²) in [5.41, 5.74) is -0.330. The first kappa shape index (κ1) is 8.55. The molecule has 0 aromatic rings. The van der Waals surface area contributed by atoms with Crippen molar-refractivity contribution >= 4 is 0 Å². The molecule has 0 unspecified atom stereocenters. The lowest BCUT2D eigenvalue weighted by Crippen LogP contribution is -2.44. The molecule has 70 valence electrons. The quantitative estimate of drug-likeness (QED) is 0.589. The topological polar surface area (TPSA) is 20.2 Å². The van der Waals surface area contributed by atoms with E-state index in [4.69, 9.17) is 0 Å². The van der Waals surface area contributed by atoms with Crippen molar-refractivity contribution in [2.75, 3.05) is 0 Å². The van der Waals surface area contributed by atoms with E-state index in [1.165, 1.54) is 38.5 Å². The third-order valence-corrected chi connectivity index (χ3v) is 3.97. The third kappa shape index (κ3) is 1.39. The molecule has 2 rings (SSSR count). The van der Waals surface area contributed by atoms with Crippen molar-refractivity contribution in [1.82, 2.24) is 0 Å². The number of hydrogen-bond acceptors (Lipinski definition) is 1. The maximum atomic E-state index is 10.2. The molecule has 0 aromatic carbocycles. The van der Waals surface area contributed by atoms with E-state index < -0.39 is 0 Å². The summed E-state index contributed by atoms with van der Waals surface area (Å²) in [5.74, 6) is 1.47. The van der Waals surface area contributed by atoms with Gasteiger partial charge in [0.2, 0.25) is 0 Å². The van der Waals surface area contributed by atoms with Gasteiger partial charge in [0.05, 0.1) is 5.60 Å². The Morgan fingerprint density at radius 1 is 1.08 bits per heavy atom. The molecule has 3 atom stereocenters. The summed E-state index contributed by atoms with van der Waals surface area (Å²) in [5, 5.41) is 10.2. The fourth-order valence-electron chi connectivity index (χ4n) is 3.28. The van der Waals surface area contributed by atoms with Crippen LogP contribution in [-0.4, -0.2) is 10.7 Å². The van der Waals surface area contributed by atoms with E-state index in [0.29, 0.717) is 5.92 Å². The summed E-state index contributed by atoms with van der Waals surface area (Å²) in [6.07, 6.45) is 9.05. The molecule has 0 heterocycles. The van der Waals surface area contributed by atoms with Crippen LogP contribution in [0.1, 0.15) is 51.9 Å². The largest absolute Gasteiger partial charge is 0.390 e. The van der Waals surface area contributed by atoms with Gasteiger partial charge >= 0.3 is 0 Å². The Labute approximate surface area is 75.2 Å². The normalized spacial score (nSPS) is 48.5. The summed E-state index contributed by atoms with van der Waals surface area (Å²) in [4.78, 5) is 0. The zero-order chi connectivity index (χ0) is 8.60. The molecule has 0 saturated heterocycles. The average molecular weight is 168 g/mol. The summed E-state index contributed by atoms with van der Waals surface area (Å²) >= 11 is 0. The van der Waals surface area contributed by atoms with Crippen molar-refractivity contribution < 1.29 is 5.11 Å². The van der Waals surface area contributed by atoms with Crippen LogP contribution in [0.4, 0.5) is 0 Å². The maximum absolute atomic E-state index is 10.2. The number of hydrogen-bond donors (Lipinski definition) is 1. The molecule has 2 aliphatic carbocycles. The van der Waals surface area contributed by atoms with E-state index in [1.54, 1.807) is 0 Å². The second-order valence-corrected chi connectivity index (χ2v) is 4.90. The standard InChI is InChI=1S/C11H20O/c1-11(12)8-4-6-9-5-2-3-7-10(9)11/h9-10,12H,2-8H2,1H3/t9-,10+,11+/m0/s1. The predicted octanol–water partition coefficient (Wildman–Crippen LogP) is 2.73. The van der Waals surface area contributed by atoms with Gasteiger partial charge in [0.25, 0.3) is 0 Å². The Bertz CT molecular complexity index is 160. The third-order valence-electron chi connectivity index (χ3n) is 3.97. The van der Waals surface area contributed by atoms with Crippen LogP contribution < -0.4 is 0 Å². The lowest BCUT2D eigenvalue weighted by molar-refractivity contribution is -0.0738. The second kappa shape index (κ2) is 3.02. The van der Waals surface area contributed by atoms with Crippen molar-refractivity contribution in [3.05, 3.63) is 0 Å². The number of rotatable bonds is 0. The van der Waals surface area contributed by atoms with E-state index in [1.807, 2.05) is 0 Å². The van der Waals surface area contributed by atoms with Gasteiger partial charge in [0.1, 0.15) is 0 Å². The van der Waals surface area contributed by atoms with Gasteiger partial charge in [-0.2, -0.15) is 0 Å². The maximum Gasteiger partial charge on any atom is 0.0650 e. The van der Waals surface area contributed by atoms with Crippen LogP contribution >= 0.6 is 0 Å². The molecule has 0 aromatic heterocycles. The minimum absolute atomic E-state index is 0.330. The fourth-order valence-corrected chi connectivity index (χ4v) is 3.28. The Balaban J connectivity index is 2.09. The summed E-state index contributed by atoms with van der Waals surface area (Å²) in [7, 11) is 0. The van der Waals surface area contributed by atoms with Crippen molar-refractivity contribution in [3.63, 3.8) is 0 Å². The fraction of sp³-hybridized carbons (Fsp3) is 1.00. The average Bonchev–Trinajstić information content (AvgIpc) is 2.04. The van der Waals surface area contributed by atoms with Gasteiger partial charge in [0, 0.05) is 0 Å². The van der Waals surface area contributed by atoms with Crippen LogP contribution in [0.15, 0.2) is 0 Å². The van der Waals surface area contributed by atoms with Crippen molar-refractivity contribution in [1.29, 1.82) is 0 Å². The van der Waals surface area contributed by atoms with Gasteiger partial charge in [-0.25, -0.2) is 0 Å². The van der Waals surface area contributed by atoms with Gasteiger partial charge < -0.3 is 5.11 Å². The summed E-state index contributed by atoms with van der Waals surface area (Å²) < 4.78 is 0. The van der Waals surface area contributed by atoms with E-state index in [2.05, 4.69) is 6.92 Å². The highest BCUT2D eigenvalue weighted by atomic mass is 16.3. The molecule has 2 saturated carbocycles. The minimum atomic E-state index is -0.330. The van der Waals surface area contributed by atoms with Crippen LogP contribution in [0.25, 0.3) is 0 Å². The van der Waals surface area contributed by atoms with Crippen LogP contribution in [0, 0.1) is 11.8 Å². The molecule has 12 heavy (non-hydrogen) atoms. The Hall–Kier alpha value is -0.0400. The molecule has 2 fully saturated rings. The zero-order valence-corrected chi connectivity index (χ0v) is 8.05. The zero-order valence-electron chi connectivity index (χ0n) is 8.05. The lowest BCUT2D eigenvalue weighted by Gasteiger charge is -2.45. The molecule has 1 heteroatoms. The van der Waals surface area contributed by atoms with Crippen molar-refractivity contribution in [3.8, 4) is 0 Å². The van der Waals surface area contributed by atoms with Gasteiger partial charge in [-0.3, -0.25) is 0 Å². The van der Waals surface area contributed by atoms with E-state index in [-0.39, 0.29) is 5.60 Å². The second-order valence-electron chi connectivity index (χ2n) is 4.90. The highest BCUT2D eigenvalue weighted by Gasteiger charge is 2.41. The first-order chi connectivity index (χ1) is 5.70. The number of fused-ring (bicyclic) bond motifs is 1. The Morgan fingerprint density at radius 2 is 1.75 bits per heavy atom. The van der Waals surface area contributed by atoms with Gasteiger partial charge in [0.15, 0.2) is 0 Å². The van der Waals surface area contributed by atoms with Crippen LogP contribution in [0.2, 0.25) is 0 Å². The van der Waals surface area contributed by atoms with E-state index in [9.17, 15) is 5.11 Å². The molecule has 0 spiro atoms. The first-order valence-electron chi connectivity index (χ1n) is 5.42. The van der Waals surface area contributed by atoms with E-state index in [0.717, 1.165) is 12.3 Å². The van der Waals surface area contributed by atoms with Crippen LogP contribution in [-0.2, 0) is 0 Å². The Kier molecular flexibility index (Phi) is 2.16. The van der Waals surface area contributed by atoms with Gasteiger partial charge in [-0.15, -0.1) is 0 Å². The minimum Gasteiger partial charge on any atom is -0.390 e. The SMILES string of the molecule is C[C@@]1(O)CCC[C@@H]2CCCC[C@H]21. The van der Waals surface area contributed by atoms with E-state index >= 15 is 0 Å². The van der Waals surface area contributed by atoms with Crippen LogP contribution in [0.3, 0.4) is 0 Å². The first-order valence-corrected chi connectivity index (χ1v) is 5.42. The molecule has 0 radical (unpaired) electrons. The molecule has 0 aliphatic heterocycles. The summed E-state index contributed by atoms with van der Waals surface area (Å²) in [6, 6.07) is 0. The smallest absolute Gasteiger partial charge is 0.0650 e. The number of aliphatic hydroxyl groups is 1.